The number of thiazole rings is 1. The zero-order chi connectivity index (χ0) is 14.7. The lowest BCUT2D eigenvalue weighted by molar-refractivity contribution is -0.129. The number of aromatic nitrogens is 1. The van der Waals surface area contributed by atoms with Gasteiger partial charge in [-0.05, 0) is 36.8 Å². The molecular weight excluding hydrogens is 312 g/mol. The van der Waals surface area contributed by atoms with Gasteiger partial charge in [-0.25, -0.2) is 0 Å². The lowest BCUT2D eigenvalue weighted by Crippen LogP contribution is -2.27. The first-order valence-electron chi connectivity index (χ1n) is 6.12. The number of amides is 1. The van der Waals surface area contributed by atoms with Crippen LogP contribution in [0.2, 0.25) is 5.02 Å². The molecule has 6 heteroatoms. The Hall–Kier alpha value is -1.17. The van der Waals surface area contributed by atoms with Crippen LogP contribution in [0.15, 0.2) is 24.3 Å². The molecule has 0 aliphatic rings. The fourth-order valence-electron chi connectivity index (χ4n) is 1.88. The maximum atomic E-state index is 12.2. The van der Waals surface area contributed by atoms with E-state index in [2.05, 4.69) is 4.98 Å². The van der Waals surface area contributed by atoms with Gasteiger partial charge in [0.1, 0.15) is 0 Å². The van der Waals surface area contributed by atoms with Crippen molar-refractivity contribution < 1.29 is 4.79 Å². The van der Waals surface area contributed by atoms with Crippen molar-refractivity contribution in [3.8, 4) is 0 Å². The van der Waals surface area contributed by atoms with Gasteiger partial charge in [0.2, 0.25) is 5.91 Å². The first-order chi connectivity index (χ1) is 9.45. The van der Waals surface area contributed by atoms with Crippen LogP contribution >= 0.6 is 35.2 Å². The fraction of sp³-hybridized carbons (Fsp3) is 0.286. The maximum absolute atomic E-state index is 12.2. The average Bonchev–Trinajstić information content (AvgIpc) is 2.67. The topological polar surface area (TPSA) is 36.1 Å². The van der Waals surface area contributed by atoms with E-state index in [1.165, 1.54) is 11.3 Å². The summed E-state index contributed by atoms with van der Waals surface area (Å²) in [6, 6.07) is 7.54. The predicted octanol–water partition coefficient (Wildman–Crippen LogP) is 3.97. The van der Waals surface area contributed by atoms with Crippen molar-refractivity contribution >= 4 is 41.1 Å². The first-order valence-corrected chi connectivity index (χ1v) is 7.73. The van der Waals surface area contributed by atoms with Crippen molar-refractivity contribution in [2.24, 2.45) is 0 Å². The van der Waals surface area contributed by atoms with E-state index < -0.39 is 0 Å². The molecule has 0 saturated carbocycles. The third-order valence-corrected chi connectivity index (χ3v) is 4.54. The van der Waals surface area contributed by atoms with E-state index in [4.69, 9.17) is 23.8 Å². The largest absolute Gasteiger partial charge is 0.341 e. The first kappa shape index (κ1) is 15.2. The third-order valence-electron chi connectivity index (χ3n) is 2.97. The number of benzene rings is 1. The van der Waals surface area contributed by atoms with Crippen LogP contribution in [0.25, 0.3) is 0 Å². The summed E-state index contributed by atoms with van der Waals surface area (Å²) >= 11 is 12.5. The molecule has 0 atom stereocenters. The maximum Gasteiger partial charge on any atom is 0.227 e. The van der Waals surface area contributed by atoms with Crippen molar-refractivity contribution in [3.05, 3.63) is 49.4 Å². The number of nitrogens with one attached hydrogen (secondary N) is 1. The molecule has 1 N–H and O–H groups in total. The molecular formula is C14H15ClN2OS2. The van der Waals surface area contributed by atoms with Gasteiger partial charge in [0, 0.05) is 29.2 Å². The van der Waals surface area contributed by atoms with E-state index in [1.807, 2.05) is 31.2 Å². The van der Waals surface area contributed by atoms with Gasteiger partial charge < -0.3 is 9.88 Å². The van der Waals surface area contributed by atoms with Crippen molar-refractivity contribution in [2.45, 2.75) is 19.9 Å². The van der Waals surface area contributed by atoms with Crippen LogP contribution in [0.5, 0.6) is 0 Å². The summed E-state index contributed by atoms with van der Waals surface area (Å²) in [7, 11) is 1.80. The molecule has 2 aromatic rings. The van der Waals surface area contributed by atoms with Crippen molar-refractivity contribution in [2.75, 3.05) is 7.05 Å². The molecule has 20 heavy (non-hydrogen) atoms. The Morgan fingerprint density at radius 2 is 2.25 bits per heavy atom. The molecule has 1 aromatic carbocycles. The second kappa shape index (κ2) is 6.52. The van der Waals surface area contributed by atoms with Crippen LogP contribution in [0.4, 0.5) is 0 Å². The van der Waals surface area contributed by atoms with E-state index in [1.54, 1.807) is 11.9 Å². The molecule has 106 valence electrons. The highest BCUT2D eigenvalue weighted by Crippen LogP contribution is 2.17. The summed E-state index contributed by atoms with van der Waals surface area (Å²) in [6.45, 7) is 2.49. The summed E-state index contributed by atoms with van der Waals surface area (Å²) < 4.78 is 0.711. The van der Waals surface area contributed by atoms with Gasteiger partial charge in [0.05, 0.1) is 6.42 Å². The molecule has 1 amide bonds. The standard InChI is InChI=1S/C14H15ClN2OS2/c1-9-12(20-14(19)16-9)7-13(18)17(2)8-10-4-3-5-11(15)6-10/h3-6H,7-8H2,1-2H3,(H,16,19). The van der Waals surface area contributed by atoms with Gasteiger partial charge in [-0.15, -0.1) is 11.3 Å². The van der Waals surface area contributed by atoms with Crippen LogP contribution in [-0.2, 0) is 17.8 Å². The molecule has 2 rings (SSSR count). The van der Waals surface area contributed by atoms with E-state index >= 15 is 0 Å². The van der Waals surface area contributed by atoms with Gasteiger partial charge in [-0.2, -0.15) is 0 Å². The van der Waals surface area contributed by atoms with Crippen molar-refractivity contribution in [3.63, 3.8) is 0 Å². The smallest absolute Gasteiger partial charge is 0.227 e. The molecule has 0 bridgehead atoms. The van der Waals surface area contributed by atoms with Gasteiger partial charge in [-0.1, -0.05) is 23.7 Å². The molecule has 0 fully saturated rings. The number of carbonyl (C=O) groups excluding carboxylic acids is 1. The second-order valence-electron chi connectivity index (χ2n) is 4.62. The minimum Gasteiger partial charge on any atom is -0.341 e. The number of H-pyrrole nitrogens is 1. The molecule has 1 aromatic heterocycles. The van der Waals surface area contributed by atoms with E-state index in [0.29, 0.717) is 21.9 Å². The molecule has 0 aliphatic carbocycles. The molecule has 0 saturated heterocycles. The average molecular weight is 327 g/mol. The van der Waals surface area contributed by atoms with Crippen LogP contribution in [-0.4, -0.2) is 22.8 Å². The molecule has 0 radical (unpaired) electrons. The highest BCUT2D eigenvalue weighted by Gasteiger charge is 2.13. The van der Waals surface area contributed by atoms with Crippen LogP contribution in [0.1, 0.15) is 16.1 Å². The van der Waals surface area contributed by atoms with Gasteiger partial charge in [0.25, 0.3) is 0 Å². The van der Waals surface area contributed by atoms with Crippen molar-refractivity contribution in [1.82, 2.24) is 9.88 Å². The Kier molecular flexibility index (Phi) is 4.96. The molecule has 3 nitrogen and oxygen atoms in total. The highest BCUT2D eigenvalue weighted by molar-refractivity contribution is 7.73. The summed E-state index contributed by atoms with van der Waals surface area (Å²) in [5, 5.41) is 0.683. The number of aromatic amines is 1. The third kappa shape index (κ3) is 3.91. The fourth-order valence-corrected chi connectivity index (χ4v) is 3.37. The number of halogens is 1. The second-order valence-corrected chi connectivity index (χ2v) is 6.83. The highest BCUT2D eigenvalue weighted by atomic mass is 35.5. The SMILES string of the molecule is Cc1[nH]c(=S)sc1CC(=O)N(C)Cc1cccc(Cl)c1. The number of carbonyl (C=O) groups is 1. The lowest BCUT2D eigenvalue weighted by Gasteiger charge is -2.17. The van der Waals surface area contributed by atoms with Gasteiger partial charge >= 0.3 is 0 Å². The lowest BCUT2D eigenvalue weighted by atomic mass is 10.2. The Balaban J connectivity index is 2.02. The normalized spacial score (nSPS) is 10.6. The Labute approximate surface area is 132 Å². The number of hydrogen-bond donors (Lipinski definition) is 1. The Morgan fingerprint density at radius 1 is 1.50 bits per heavy atom. The number of likely N-dealkylation sites (N-methyl/N-ethyl adjacent to an activating group) is 1. The summed E-state index contributed by atoms with van der Waals surface area (Å²) in [6.07, 6.45) is 0.376. The Morgan fingerprint density at radius 3 is 2.85 bits per heavy atom. The molecule has 0 aliphatic heterocycles. The predicted molar refractivity (Wildman–Crippen MR) is 85.9 cm³/mol. The minimum absolute atomic E-state index is 0.0679. The quantitative estimate of drug-likeness (QED) is 0.863. The van der Waals surface area contributed by atoms with Crippen molar-refractivity contribution in [1.29, 1.82) is 0 Å². The molecule has 1 heterocycles. The van der Waals surface area contributed by atoms with Gasteiger partial charge in [-0.3, -0.25) is 4.79 Å². The van der Waals surface area contributed by atoms with E-state index in [-0.39, 0.29) is 5.91 Å². The number of aryl methyl sites for hydroxylation is 1. The van der Waals surface area contributed by atoms with Crippen LogP contribution in [0.3, 0.4) is 0 Å². The van der Waals surface area contributed by atoms with Crippen LogP contribution in [0, 0.1) is 10.9 Å². The number of rotatable bonds is 4. The summed E-state index contributed by atoms with van der Waals surface area (Å²) in [5.74, 6) is 0.0679. The number of nitrogens with zero attached hydrogens (tertiary/aromatic N) is 1. The molecule has 0 spiro atoms. The minimum atomic E-state index is 0.0679. The Bertz CT molecular complexity index is 678. The monoisotopic (exact) mass is 326 g/mol. The van der Waals surface area contributed by atoms with E-state index in [9.17, 15) is 4.79 Å². The van der Waals surface area contributed by atoms with Gasteiger partial charge in [0.15, 0.2) is 3.95 Å². The molecule has 0 unspecified atom stereocenters. The summed E-state index contributed by atoms with van der Waals surface area (Å²) in [4.78, 5) is 18.0. The zero-order valence-electron chi connectivity index (χ0n) is 11.3. The zero-order valence-corrected chi connectivity index (χ0v) is 13.7. The number of hydrogen-bond acceptors (Lipinski definition) is 3. The van der Waals surface area contributed by atoms with Crippen LogP contribution < -0.4 is 0 Å². The summed E-state index contributed by atoms with van der Waals surface area (Å²) in [5.41, 5.74) is 2.00. The van der Waals surface area contributed by atoms with E-state index in [0.717, 1.165) is 16.1 Å².